The van der Waals surface area contributed by atoms with E-state index in [2.05, 4.69) is 21.1 Å². The molecule has 1 aromatic rings. The number of aromatic nitrogens is 2. The van der Waals surface area contributed by atoms with E-state index in [1.165, 1.54) is 57.4 Å². The Bertz CT molecular complexity index is 335. The van der Waals surface area contributed by atoms with E-state index >= 15 is 0 Å². The first-order chi connectivity index (χ1) is 7.92. The molecule has 1 saturated carbocycles. The fourth-order valence-corrected chi connectivity index (χ4v) is 2.64. The first-order valence-electron chi connectivity index (χ1n) is 6.61. The minimum atomic E-state index is 0.871. The molecule has 0 bridgehead atoms. The number of hydrogen-bond donors (Lipinski definition) is 1. The van der Waals surface area contributed by atoms with Gasteiger partial charge in [0.2, 0.25) is 0 Å². The van der Waals surface area contributed by atoms with Crippen LogP contribution >= 0.6 is 0 Å². The van der Waals surface area contributed by atoms with Crippen LogP contribution in [0.15, 0.2) is 12.5 Å². The predicted octanol–water partition coefficient (Wildman–Crippen LogP) is 1.84. The van der Waals surface area contributed by atoms with Crippen LogP contribution in [-0.2, 0) is 13.0 Å². The summed E-state index contributed by atoms with van der Waals surface area (Å²) in [7, 11) is 0. The smallest absolute Gasteiger partial charge is 0.0948 e. The Morgan fingerprint density at radius 2 is 2.00 bits per heavy atom. The summed E-state index contributed by atoms with van der Waals surface area (Å²) in [5.74, 6) is 1.82. The third-order valence-electron chi connectivity index (χ3n) is 3.91. The van der Waals surface area contributed by atoms with E-state index in [4.69, 9.17) is 0 Å². The Morgan fingerprint density at radius 3 is 2.75 bits per heavy atom. The lowest BCUT2D eigenvalue weighted by molar-refractivity contribution is 0.365. The number of nitrogens with one attached hydrogen (secondary N) is 1. The molecule has 0 atom stereocenters. The second-order valence-corrected chi connectivity index (χ2v) is 5.38. The fraction of sp³-hybridized carbons (Fsp3) is 0.769. The third-order valence-corrected chi connectivity index (χ3v) is 3.91. The molecule has 2 heterocycles. The van der Waals surface area contributed by atoms with Crippen LogP contribution in [0.4, 0.5) is 0 Å². The Balaban J connectivity index is 1.61. The molecule has 88 valence electrons. The molecule has 16 heavy (non-hydrogen) atoms. The molecule has 3 rings (SSSR count). The normalized spacial score (nSPS) is 22.5. The minimum absolute atomic E-state index is 0.871. The highest BCUT2D eigenvalue weighted by molar-refractivity contribution is 5.01. The summed E-state index contributed by atoms with van der Waals surface area (Å²) in [6, 6.07) is 0. The second-order valence-electron chi connectivity index (χ2n) is 5.38. The SMILES string of the molecule is c1ncn(CC2CC2)c1CC1CCNCC1. The molecular formula is C13H21N3. The van der Waals surface area contributed by atoms with Gasteiger partial charge in [-0.2, -0.15) is 0 Å². The summed E-state index contributed by atoms with van der Waals surface area (Å²) < 4.78 is 2.39. The quantitative estimate of drug-likeness (QED) is 0.837. The molecule has 0 radical (unpaired) electrons. The lowest BCUT2D eigenvalue weighted by Crippen LogP contribution is -2.29. The lowest BCUT2D eigenvalue weighted by atomic mass is 9.93. The molecule has 1 N–H and O–H groups in total. The standard InChI is InChI=1S/C13H21N3/c1-2-12(1)9-16-10-15-8-13(16)7-11-3-5-14-6-4-11/h8,10-12,14H,1-7,9H2. The Hall–Kier alpha value is -0.830. The topological polar surface area (TPSA) is 29.9 Å². The zero-order valence-electron chi connectivity index (χ0n) is 9.86. The van der Waals surface area contributed by atoms with Gasteiger partial charge in [-0.3, -0.25) is 0 Å². The van der Waals surface area contributed by atoms with Gasteiger partial charge in [0, 0.05) is 18.4 Å². The predicted molar refractivity (Wildman–Crippen MR) is 64.2 cm³/mol. The first kappa shape index (κ1) is 10.3. The molecule has 1 saturated heterocycles. The van der Waals surface area contributed by atoms with Gasteiger partial charge >= 0.3 is 0 Å². The van der Waals surface area contributed by atoms with Crippen LogP contribution in [0.3, 0.4) is 0 Å². The summed E-state index contributed by atoms with van der Waals surface area (Å²) in [4.78, 5) is 4.32. The number of imidazole rings is 1. The maximum absolute atomic E-state index is 4.32. The molecule has 2 fully saturated rings. The van der Waals surface area contributed by atoms with Gasteiger partial charge in [-0.1, -0.05) is 0 Å². The summed E-state index contributed by atoms with van der Waals surface area (Å²) in [6.45, 7) is 3.60. The van der Waals surface area contributed by atoms with Crippen LogP contribution in [0.2, 0.25) is 0 Å². The average Bonchev–Trinajstić information content (AvgIpc) is 3.02. The summed E-state index contributed by atoms with van der Waals surface area (Å²) in [5, 5.41) is 3.43. The zero-order chi connectivity index (χ0) is 10.8. The molecule has 3 heteroatoms. The van der Waals surface area contributed by atoms with E-state index in [1.807, 2.05) is 6.33 Å². The molecule has 1 aliphatic carbocycles. The van der Waals surface area contributed by atoms with E-state index in [1.54, 1.807) is 0 Å². The highest BCUT2D eigenvalue weighted by Gasteiger charge is 2.23. The first-order valence-corrected chi connectivity index (χ1v) is 6.61. The minimum Gasteiger partial charge on any atom is -0.334 e. The summed E-state index contributed by atoms with van der Waals surface area (Å²) >= 11 is 0. The third kappa shape index (κ3) is 2.46. The highest BCUT2D eigenvalue weighted by atomic mass is 15.0. The molecule has 0 spiro atoms. The van der Waals surface area contributed by atoms with E-state index in [0.29, 0.717) is 0 Å². The van der Waals surface area contributed by atoms with Crippen molar-refractivity contribution in [2.75, 3.05) is 13.1 Å². The molecule has 0 aromatic carbocycles. The van der Waals surface area contributed by atoms with Crippen molar-refractivity contribution >= 4 is 0 Å². The van der Waals surface area contributed by atoms with E-state index < -0.39 is 0 Å². The largest absolute Gasteiger partial charge is 0.334 e. The monoisotopic (exact) mass is 219 g/mol. The molecule has 0 unspecified atom stereocenters. The van der Waals surface area contributed by atoms with Gasteiger partial charge < -0.3 is 9.88 Å². The van der Waals surface area contributed by atoms with Gasteiger partial charge in [0.1, 0.15) is 0 Å². The van der Waals surface area contributed by atoms with Crippen molar-refractivity contribution in [1.29, 1.82) is 0 Å². The van der Waals surface area contributed by atoms with Crippen LogP contribution in [0.1, 0.15) is 31.4 Å². The lowest BCUT2D eigenvalue weighted by Gasteiger charge is -2.22. The Morgan fingerprint density at radius 1 is 1.19 bits per heavy atom. The van der Waals surface area contributed by atoms with Crippen molar-refractivity contribution in [3.8, 4) is 0 Å². The second kappa shape index (κ2) is 4.58. The van der Waals surface area contributed by atoms with Crippen LogP contribution in [0, 0.1) is 11.8 Å². The van der Waals surface area contributed by atoms with Crippen molar-refractivity contribution in [3.63, 3.8) is 0 Å². The van der Waals surface area contributed by atoms with Crippen molar-refractivity contribution in [2.24, 2.45) is 11.8 Å². The van der Waals surface area contributed by atoms with Crippen molar-refractivity contribution in [2.45, 2.75) is 38.6 Å². The Labute approximate surface area is 97.3 Å². The summed E-state index contributed by atoms with van der Waals surface area (Å²) in [6.07, 6.45) is 10.8. The number of rotatable bonds is 4. The van der Waals surface area contributed by atoms with Gasteiger partial charge in [-0.25, -0.2) is 4.98 Å². The van der Waals surface area contributed by atoms with Gasteiger partial charge in [0.15, 0.2) is 0 Å². The van der Waals surface area contributed by atoms with E-state index in [0.717, 1.165) is 11.8 Å². The van der Waals surface area contributed by atoms with Crippen molar-refractivity contribution in [1.82, 2.24) is 14.9 Å². The van der Waals surface area contributed by atoms with E-state index in [9.17, 15) is 0 Å². The number of hydrogen-bond acceptors (Lipinski definition) is 2. The molecule has 1 aromatic heterocycles. The molecular weight excluding hydrogens is 198 g/mol. The van der Waals surface area contributed by atoms with Crippen LogP contribution in [0.5, 0.6) is 0 Å². The number of piperidine rings is 1. The Kier molecular flexibility index (Phi) is 2.96. The van der Waals surface area contributed by atoms with Crippen molar-refractivity contribution < 1.29 is 0 Å². The number of nitrogens with zero attached hydrogens (tertiary/aromatic N) is 2. The molecule has 2 aliphatic rings. The van der Waals surface area contributed by atoms with Crippen molar-refractivity contribution in [3.05, 3.63) is 18.2 Å². The van der Waals surface area contributed by atoms with Gasteiger partial charge in [-0.15, -0.1) is 0 Å². The highest BCUT2D eigenvalue weighted by Crippen LogP contribution is 2.31. The van der Waals surface area contributed by atoms with Gasteiger partial charge in [0.05, 0.1) is 6.33 Å². The van der Waals surface area contributed by atoms with Crippen LogP contribution < -0.4 is 5.32 Å². The fourth-order valence-electron chi connectivity index (χ4n) is 2.64. The van der Waals surface area contributed by atoms with Gasteiger partial charge in [-0.05, 0) is 57.0 Å². The molecule has 3 nitrogen and oxygen atoms in total. The van der Waals surface area contributed by atoms with E-state index in [-0.39, 0.29) is 0 Å². The van der Waals surface area contributed by atoms with Crippen LogP contribution in [-0.4, -0.2) is 22.6 Å². The average molecular weight is 219 g/mol. The molecule has 1 aliphatic heterocycles. The molecule has 0 amide bonds. The zero-order valence-corrected chi connectivity index (χ0v) is 9.86. The maximum atomic E-state index is 4.32. The summed E-state index contributed by atoms with van der Waals surface area (Å²) in [5.41, 5.74) is 1.46. The van der Waals surface area contributed by atoms with Gasteiger partial charge in [0.25, 0.3) is 0 Å². The van der Waals surface area contributed by atoms with Crippen LogP contribution in [0.25, 0.3) is 0 Å². The maximum Gasteiger partial charge on any atom is 0.0948 e.